The molecule has 1 saturated carbocycles. The van der Waals surface area contributed by atoms with Crippen molar-refractivity contribution < 1.29 is 4.74 Å². The minimum absolute atomic E-state index is 0.175. The molecule has 1 rings (SSSR count). The molecule has 0 aromatic carbocycles. The highest BCUT2D eigenvalue weighted by Gasteiger charge is 2.38. The molecule has 2 atom stereocenters. The SMILES string of the molecule is COC1CCCC(CN)(N(C)CCSC)C1. The first-order valence-corrected chi connectivity index (χ1v) is 7.51. The van der Waals surface area contributed by atoms with Crippen LogP contribution in [0.15, 0.2) is 0 Å². The van der Waals surface area contributed by atoms with E-state index in [-0.39, 0.29) is 5.54 Å². The van der Waals surface area contributed by atoms with Crippen LogP contribution in [-0.4, -0.2) is 55.8 Å². The molecule has 2 unspecified atom stereocenters. The predicted octanol–water partition coefficient (Wildman–Crippen LogP) is 1.57. The van der Waals surface area contributed by atoms with Gasteiger partial charge in [0.1, 0.15) is 0 Å². The van der Waals surface area contributed by atoms with Gasteiger partial charge in [-0.05, 0) is 39.0 Å². The summed E-state index contributed by atoms with van der Waals surface area (Å²) in [6.45, 7) is 1.87. The summed E-state index contributed by atoms with van der Waals surface area (Å²) in [5, 5.41) is 0. The van der Waals surface area contributed by atoms with E-state index in [0.29, 0.717) is 6.10 Å². The molecule has 0 radical (unpaired) electrons. The Labute approximate surface area is 104 Å². The van der Waals surface area contributed by atoms with Crippen molar-refractivity contribution in [3.8, 4) is 0 Å². The van der Waals surface area contributed by atoms with Crippen LogP contribution in [0.2, 0.25) is 0 Å². The molecule has 0 aromatic heterocycles. The Morgan fingerprint density at radius 1 is 1.56 bits per heavy atom. The highest BCUT2D eigenvalue weighted by Crippen LogP contribution is 2.33. The van der Waals surface area contributed by atoms with Gasteiger partial charge in [-0.3, -0.25) is 4.90 Å². The molecule has 2 N–H and O–H groups in total. The van der Waals surface area contributed by atoms with Crippen LogP contribution in [0.1, 0.15) is 25.7 Å². The van der Waals surface area contributed by atoms with E-state index in [9.17, 15) is 0 Å². The second-order valence-electron chi connectivity index (χ2n) is 4.80. The van der Waals surface area contributed by atoms with Crippen LogP contribution in [-0.2, 0) is 4.74 Å². The van der Waals surface area contributed by atoms with Gasteiger partial charge in [0.2, 0.25) is 0 Å². The highest BCUT2D eigenvalue weighted by molar-refractivity contribution is 7.98. The number of thioether (sulfide) groups is 1. The van der Waals surface area contributed by atoms with Gasteiger partial charge in [-0.15, -0.1) is 0 Å². The van der Waals surface area contributed by atoms with Crippen molar-refractivity contribution >= 4 is 11.8 Å². The van der Waals surface area contributed by atoms with E-state index < -0.39 is 0 Å². The molecule has 1 fully saturated rings. The molecule has 0 spiro atoms. The van der Waals surface area contributed by atoms with E-state index in [2.05, 4.69) is 18.2 Å². The topological polar surface area (TPSA) is 38.5 Å². The monoisotopic (exact) mass is 246 g/mol. The first-order valence-electron chi connectivity index (χ1n) is 6.11. The number of ether oxygens (including phenoxy) is 1. The fourth-order valence-corrected chi connectivity index (χ4v) is 3.10. The van der Waals surface area contributed by atoms with Crippen LogP contribution in [0.25, 0.3) is 0 Å². The zero-order chi connectivity index (χ0) is 12.0. The Morgan fingerprint density at radius 2 is 2.31 bits per heavy atom. The number of rotatable bonds is 6. The Morgan fingerprint density at radius 3 is 2.88 bits per heavy atom. The zero-order valence-electron chi connectivity index (χ0n) is 10.9. The average Bonchev–Trinajstić information content (AvgIpc) is 2.35. The lowest BCUT2D eigenvalue weighted by atomic mass is 9.79. The van der Waals surface area contributed by atoms with Gasteiger partial charge in [0, 0.05) is 31.5 Å². The van der Waals surface area contributed by atoms with Crippen LogP contribution < -0.4 is 5.73 Å². The van der Waals surface area contributed by atoms with Crippen molar-refractivity contribution in [2.75, 3.05) is 39.3 Å². The van der Waals surface area contributed by atoms with Gasteiger partial charge in [0.25, 0.3) is 0 Å². The fourth-order valence-electron chi connectivity index (χ4n) is 2.64. The predicted molar refractivity (Wildman–Crippen MR) is 72.1 cm³/mol. The van der Waals surface area contributed by atoms with E-state index in [1.54, 1.807) is 0 Å². The van der Waals surface area contributed by atoms with Gasteiger partial charge in [-0.1, -0.05) is 0 Å². The van der Waals surface area contributed by atoms with Gasteiger partial charge in [0.05, 0.1) is 6.10 Å². The maximum absolute atomic E-state index is 6.02. The lowest BCUT2D eigenvalue weighted by Gasteiger charge is -2.46. The summed E-state index contributed by atoms with van der Waals surface area (Å²) >= 11 is 1.90. The molecule has 0 amide bonds. The lowest BCUT2D eigenvalue weighted by Crippen LogP contribution is -2.56. The number of hydrogen-bond acceptors (Lipinski definition) is 4. The second kappa shape index (κ2) is 6.84. The van der Waals surface area contributed by atoms with E-state index in [4.69, 9.17) is 10.5 Å². The smallest absolute Gasteiger partial charge is 0.0589 e. The molecular weight excluding hydrogens is 220 g/mol. The van der Waals surface area contributed by atoms with Crippen molar-refractivity contribution in [1.29, 1.82) is 0 Å². The molecule has 0 aromatic rings. The summed E-state index contributed by atoms with van der Waals surface area (Å²) in [7, 11) is 4.03. The lowest BCUT2D eigenvalue weighted by molar-refractivity contribution is -0.00959. The molecule has 96 valence electrons. The number of likely N-dealkylation sites (N-methyl/N-ethyl adjacent to an activating group) is 1. The summed E-state index contributed by atoms with van der Waals surface area (Å²) in [6, 6.07) is 0. The molecule has 1 aliphatic carbocycles. The molecule has 0 bridgehead atoms. The van der Waals surface area contributed by atoms with Crippen molar-refractivity contribution in [2.24, 2.45) is 5.73 Å². The van der Waals surface area contributed by atoms with Gasteiger partial charge in [-0.2, -0.15) is 11.8 Å². The first-order chi connectivity index (χ1) is 7.68. The van der Waals surface area contributed by atoms with Gasteiger partial charge >= 0.3 is 0 Å². The third-order valence-electron chi connectivity index (χ3n) is 3.93. The van der Waals surface area contributed by atoms with Gasteiger partial charge in [0.15, 0.2) is 0 Å². The number of nitrogens with two attached hydrogens (primary N) is 1. The average molecular weight is 246 g/mol. The molecule has 3 nitrogen and oxygen atoms in total. The van der Waals surface area contributed by atoms with E-state index in [1.165, 1.54) is 25.0 Å². The summed E-state index contributed by atoms with van der Waals surface area (Å²) in [6.07, 6.45) is 7.28. The molecule has 16 heavy (non-hydrogen) atoms. The summed E-state index contributed by atoms with van der Waals surface area (Å²) in [5.41, 5.74) is 6.20. The summed E-state index contributed by atoms with van der Waals surface area (Å²) < 4.78 is 5.52. The molecule has 4 heteroatoms. The zero-order valence-corrected chi connectivity index (χ0v) is 11.7. The van der Waals surface area contributed by atoms with Gasteiger partial charge < -0.3 is 10.5 Å². The minimum Gasteiger partial charge on any atom is -0.381 e. The quantitative estimate of drug-likeness (QED) is 0.772. The van der Waals surface area contributed by atoms with E-state index in [0.717, 1.165) is 19.5 Å². The summed E-state index contributed by atoms with van der Waals surface area (Å²) in [4.78, 5) is 2.45. The van der Waals surface area contributed by atoms with Crippen molar-refractivity contribution in [3.05, 3.63) is 0 Å². The maximum Gasteiger partial charge on any atom is 0.0589 e. The number of hydrogen-bond donors (Lipinski definition) is 1. The molecule has 1 aliphatic rings. The molecular formula is C12H26N2OS. The normalized spacial score (nSPS) is 30.9. The van der Waals surface area contributed by atoms with Crippen molar-refractivity contribution in [1.82, 2.24) is 4.90 Å². The second-order valence-corrected chi connectivity index (χ2v) is 5.78. The van der Waals surface area contributed by atoms with Crippen molar-refractivity contribution in [2.45, 2.75) is 37.3 Å². The molecule has 0 saturated heterocycles. The van der Waals surface area contributed by atoms with E-state index >= 15 is 0 Å². The number of nitrogens with zero attached hydrogens (tertiary/aromatic N) is 1. The first kappa shape index (κ1) is 14.3. The van der Waals surface area contributed by atoms with Crippen LogP contribution in [0, 0.1) is 0 Å². The fraction of sp³-hybridized carbons (Fsp3) is 1.00. The van der Waals surface area contributed by atoms with Crippen LogP contribution >= 0.6 is 11.8 Å². The highest BCUT2D eigenvalue weighted by atomic mass is 32.2. The largest absolute Gasteiger partial charge is 0.381 e. The maximum atomic E-state index is 6.02. The standard InChI is InChI=1S/C12H26N2OS/c1-14(7-8-16-3)12(10-13)6-4-5-11(9-12)15-2/h11H,4-10,13H2,1-3H3. The number of methoxy groups -OCH3 is 1. The molecule has 0 heterocycles. The van der Waals surface area contributed by atoms with Crippen LogP contribution in [0.3, 0.4) is 0 Å². The Bertz CT molecular complexity index is 203. The Kier molecular flexibility index (Phi) is 6.11. The third kappa shape index (κ3) is 3.36. The van der Waals surface area contributed by atoms with Crippen LogP contribution in [0.5, 0.6) is 0 Å². The summed E-state index contributed by atoms with van der Waals surface area (Å²) in [5.74, 6) is 1.18. The van der Waals surface area contributed by atoms with Crippen molar-refractivity contribution in [3.63, 3.8) is 0 Å². The van der Waals surface area contributed by atoms with E-state index in [1.807, 2.05) is 18.9 Å². The minimum atomic E-state index is 0.175. The Balaban J connectivity index is 2.60. The van der Waals surface area contributed by atoms with Crippen LogP contribution in [0.4, 0.5) is 0 Å². The molecule has 0 aliphatic heterocycles. The Hall–Kier alpha value is 0.230. The van der Waals surface area contributed by atoms with Gasteiger partial charge in [-0.25, -0.2) is 0 Å². The third-order valence-corrected chi connectivity index (χ3v) is 4.52.